The van der Waals surface area contributed by atoms with E-state index in [-0.39, 0.29) is 16.4 Å². The number of hydrogen-bond donors (Lipinski definition) is 2. The van der Waals surface area contributed by atoms with Gasteiger partial charge in [0.25, 0.3) is 15.9 Å². The van der Waals surface area contributed by atoms with Crippen molar-refractivity contribution in [3.8, 4) is 0 Å². The second-order valence-corrected chi connectivity index (χ2v) is 9.04. The minimum absolute atomic E-state index is 0.0784. The molecule has 1 amide bonds. The zero-order valence-electron chi connectivity index (χ0n) is 17.6. The molecule has 0 radical (unpaired) electrons. The number of sulfonamides is 1. The first-order valence-electron chi connectivity index (χ1n) is 9.80. The molecule has 0 bridgehead atoms. The van der Waals surface area contributed by atoms with Gasteiger partial charge in [0.1, 0.15) is 0 Å². The lowest BCUT2D eigenvalue weighted by Gasteiger charge is -2.13. The number of rotatable bonds is 6. The van der Waals surface area contributed by atoms with E-state index in [1.807, 2.05) is 44.2 Å². The average molecular weight is 423 g/mol. The lowest BCUT2D eigenvalue weighted by atomic mass is 10.1. The van der Waals surface area contributed by atoms with E-state index in [1.165, 1.54) is 11.6 Å². The first-order valence-corrected chi connectivity index (χ1v) is 11.3. The Morgan fingerprint density at radius 3 is 2.07 bits per heavy atom. The molecule has 30 heavy (non-hydrogen) atoms. The van der Waals surface area contributed by atoms with E-state index >= 15 is 0 Å². The number of nitrogens with one attached hydrogen (secondary N) is 2. The fraction of sp³-hybridized carbons (Fsp3) is 0.208. The van der Waals surface area contributed by atoms with E-state index in [1.54, 1.807) is 31.2 Å². The van der Waals surface area contributed by atoms with Crippen LogP contribution in [0.1, 0.15) is 39.5 Å². The average Bonchev–Trinajstić information content (AvgIpc) is 2.71. The maximum Gasteiger partial charge on any atom is 0.262 e. The Hall–Kier alpha value is -3.12. The van der Waals surface area contributed by atoms with Crippen molar-refractivity contribution in [1.29, 1.82) is 0 Å². The normalized spacial score (nSPS) is 11.2. The summed E-state index contributed by atoms with van der Waals surface area (Å²) in [6.07, 6.45) is 0.918. The zero-order chi connectivity index (χ0) is 21.9. The number of amides is 1. The molecule has 3 rings (SSSR count). The number of anilines is 2. The third kappa shape index (κ3) is 4.89. The molecule has 5 nitrogen and oxygen atoms in total. The van der Waals surface area contributed by atoms with Gasteiger partial charge < -0.3 is 5.32 Å². The van der Waals surface area contributed by atoms with Crippen LogP contribution in [0.5, 0.6) is 0 Å². The van der Waals surface area contributed by atoms with Crippen LogP contribution in [-0.2, 0) is 16.4 Å². The molecular formula is C24H26N2O3S. The van der Waals surface area contributed by atoms with Gasteiger partial charge in [-0.25, -0.2) is 8.42 Å². The predicted molar refractivity (Wildman–Crippen MR) is 122 cm³/mol. The highest BCUT2D eigenvalue weighted by Crippen LogP contribution is 2.23. The highest BCUT2D eigenvalue weighted by molar-refractivity contribution is 7.92. The maximum atomic E-state index is 13.0. The number of benzene rings is 3. The quantitative estimate of drug-likeness (QED) is 0.571. The smallest absolute Gasteiger partial charge is 0.262 e. The van der Waals surface area contributed by atoms with Gasteiger partial charge in [0.05, 0.1) is 4.90 Å². The SMILES string of the molecule is CCc1ccc(NC(=O)c2ccc(C)c(S(=O)(=O)Nc3ccc(C)c(C)c3)c2)cc1. The van der Waals surface area contributed by atoms with Crippen molar-refractivity contribution in [3.05, 3.63) is 88.5 Å². The van der Waals surface area contributed by atoms with Gasteiger partial charge in [-0.05, 0) is 85.8 Å². The zero-order valence-corrected chi connectivity index (χ0v) is 18.4. The third-order valence-electron chi connectivity index (χ3n) is 5.12. The lowest BCUT2D eigenvalue weighted by Crippen LogP contribution is -2.17. The molecule has 0 aliphatic rings. The van der Waals surface area contributed by atoms with Crippen LogP contribution >= 0.6 is 0 Å². The Balaban J connectivity index is 1.85. The second kappa shape index (κ2) is 8.71. The van der Waals surface area contributed by atoms with Gasteiger partial charge in [-0.2, -0.15) is 0 Å². The largest absolute Gasteiger partial charge is 0.322 e. The molecule has 0 saturated carbocycles. The fourth-order valence-electron chi connectivity index (χ4n) is 3.07. The molecule has 6 heteroatoms. The number of carbonyl (C=O) groups is 1. The van der Waals surface area contributed by atoms with Crippen molar-refractivity contribution >= 4 is 27.3 Å². The summed E-state index contributed by atoms with van der Waals surface area (Å²) >= 11 is 0. The Kier molecular flexibility index (Phi) is 6.27. The minimum Gasteiger partial charge on any atom is -0.322 e. The van der Waals surface area contributed by atoms with Crippen molar-refractivity contribution in [2.75, 3.05) is 10.0 Å². The van der Waals surface area contributed by atoms with E-state index < -0.39 is 10.0 Å². The highest BCUT2D eigenvalue weighted by Gasteiger charge is 2.20. The Morgan fingerprint density at radius 1 is 0.800 bits per heavy atom. The standard InChI is InChI=1S/C24H26N2O3S/c1-5-19-8-12-21(13-9-19)25-24(27)20-10-6-17(3)23(15-20)30(28,29)26-22-11-7-16(2)18(4)14-22/h6-15,26H,5H2,1-4H3,(H,25,27). The molecule has 0 unspecified atom stereocenters. The molecule has 0 fully saturated rings. The van der Waals surface area contributed by atoms with Crippen molar-refractivity contribution in [1.82, 2.24) is 0 Å². The van der Waals surface area contributed by atoms with E-state index in [4.69, 9.17) is 0 Å². The summed E-state index contributed by atoms with van der Waals surface area (Å²) < 4.78 is 28.6. The van der Waals surface area contributed by atoms with E-state index in [9.17, 15) is 13.2 Å². The molecule has 3 aromatic carbocycles. The molecule has 0 aliphatic carbocycles. The highest BCUT2D eigenvalue weighted by atomic mass is 32.2. The van der Waals surface area contributed by atoms with Crippen LogP contribution in [0.3, 0.4) is 0 Å². The summed E-state index contributed by atoms with van der Waals surface area (Å²) in [5.74, 6) is -0.359. The molecule has 0 aliphatic heterocycles. The van der Waals surface area contributed by atoms with Crippen molar-refractivity contribution in [2.45, 2.75) is 39.0 Å². The van der Waals surface area contributed by atoms with Crippen LogP contribution in [0.25, 0.3) is 0 Å². The van der Waals surface area contributed by atoms with Crippen LogP contribution < -0.4 is 10.0 Å². The van der Waals surface area contributed by atoms with Gasteiger partial charge in [-0.3, -0.25) is 9.52 Å². The summed E-state index contributed by atoms with van der Waals surface area (Å²) in [4.78, 5) is 12.8. The number of carbonyl (C=O) groups excluding carboxylic acids is 1. The first-order chi connectivity index (χ1) is 14.2. The molecule has 0 spiro atoms. The van der Waals surface area contributed by atoms with Crippen LogP contribution in [0.4, 0.5) is 11.4 Å². The monoisotopic (exact) mass is 422 g/mol. The predicted octanol–water partition coefficient (Wildman–Crippen LogP) is 5.23. The summed E-state index contributed by atoms with van der Waals surface area (Å²) in [7, 11) is -3.84. The van der Waals surface area contributed by atoms with Gasteiger partial charge in [-0.15, -0.1) is 0 Å². The van der Waals surface area contributed by atoms with Crippen LogP contribution in [0.2, 0.25) is 0 Å². The first kappa shape index (κ1) is 21.6. The third-order valence-corrected chi connectivity index (χ3v) is 6.64. The topological polar surface area (TPSA) is 75.3 Å². The summed E-state index contributed by atoms with van der Waals surface area (Å²) in [5.41, 5.74) is 5.25. The number of aryl methyl sites for hydroxylation is 4. The van der Waals surface area contributed by atoms with Crippen molar-refractivity contribution in [3.63, 3.8) is 0 Å². The van der Waals surface area contributed by atoms with E-state index in [0.717, 1.165) is 17.5 Å². The molecule has 0 atom stereocenters. The Bertz CT molecular complexity index is 1180. The molecule has 0 heterocycles. The van der Waals surface area contributed by atoms with Crippen molar-refractivity contribution < 1.29 is 13.2 Å². The van der Waals surface area contributed by atoms with Crippen molar-refractivity contribution in [2.24, 2.45) is 0 Å². The Labute approximate surface area is 178 Å². The van der Waals surface area contributed by atoms with Crippen LogP contribution in [0, 0.1) is 20.8 Å². The summed E-state index contributed by atoms with van der Waals surface area (Å²) in [6.45, 7) is 7.67. The fourth-order valence-corrected chi connectivity index (χ4v) is 4.39. The molecule has 0 aromatic heterocycles. The van der Waals surface area contributed by atoms with Gasteiger partial charge in [0.15, 0.2) is 0 Å². The van der Waals surface area contributed by atoms with E-state index in [0.29, 0.717) is 16.9 Å². The van der Waals surface area contributed by atoms with Gasteiger partial charge in [0.2, 0.25) is 0 Å². The molecule has 0 saturated heterocycles. The van der Waals surface area contributed by atoms with Gasteiger partial charge in [-0.1, -0.05) is 31.2 Å². The van der Waals surface area contributed by atoms with Crippen LogP contribution in [-0.4, -0.2) is 14.3 Å². The van der Waals surface area contributed by atoms with Gasteiger partial charge >= 0.3 is 0 Å². The summed E-state index contributed by atoms with van der Waals surface area (Å²) in [6, 6.07) is 17.6. The maximum absolute atomic E-state index is 13.0. The summed E-state index contributed by atoms with van der Waals surface area (Å²) in [5, 5.41) is 2.82. The molecule has 3 aromatic rings. The van der Waals surface area contributed by atoms with Gasteiger partial charge in [0, 0.05) is 16.9 Å². The molecule has 156 valence electrons. The lowest BCUT2D eigenvalue weighted by molar-refractivity contribution is 0.102. The Morgan fingerprint density at radius 2 is 1.43 bits per heavy atom. The second-order valence-electron chi connectivity index (χ2n) is 7.39. The molecule has 2 N–H and O–H groups in total. The number of hydrogen-bond acceptors (Lipinski definition) is 3. The van der Waals surface area contributed by atoms with Crippen LogP contribution in [0.15, 0.2) is 65.6 Å². The minimum atomic E-state index is -3.84. The molecular weight excluding hydrogens is 396 g/mol. The van der Waals surface area contributed by atoms with E-state index in [2.05, 4.69) is 17.0 Å².